The molecule has 0 unspecified atom stereocenters. The maximum atomic E-state index is 10.2. The van der Waals surface area contributed by atoms with Crippen molar-refractivity contribution >= 4 is 29.6 Å². The molecular weight excluding hydrogens is 256 g/mol. The SMILES string of the molecule is C=COC(C)=O.O=C(O)C=Cc1ccccc1Cl. The summed E-state index contributed by atoms with van der Waals surface area (Å²) >= 11 is 5.76. The van der Waals surface area contributed by atoms with Gasteiger partial charge in [0, 0.05) is 18.0 Å². The lowest BCUT2D eigenvalue weighted by Crippen LogP contribution is -1.87. The van der Waals surface area contributed by atoms with Crippen molar-refractivity contribution in [3.8, 4) is 0 Å². The first kappa shape index (κ1) is 15.9. The van der Waals surface area contributed by atoms with Crippen molar-refractivity contribution in [3.05, 3.63) is 53.8 Å². The largest absolute Gasteiger partial charge is 0.478 e. The molecule has 0 saturated heterocycles. The predicted octanol–water partition coefficient (Wildman–Crippen LogP) is 3.13. The predicted molar refractivity (Wildman–Crippen MR) is 70.1 cm³/mol. The molecule has 1 rings (SSSR count). The third kappa shape index (κ3) is 8.13. The van der Waals surface area contributed by atoms with Crippen LogP contribution in [0.25, 0.3) is 6.08 Å². The molecule has 0 fully saturated rings. The summed E-state index contributed by atoms with van der Waals surface area (Å²) in [6.45, 7) is 4.48. The number of rotatable bonds is 3. The Hall–Kier alpha value is -2.07. The second kappa shape index (κ2) is 9.01. The Morgan fingerprint density at radius 3 is 2.39 bits per heavy atom. The number of carboxylic acid groups (broad SMARTS) is 1. The van der Waals surface area contributed by atoms with Crippen LogP contribution < -0.4 is 0 Å². The summed E-state index contributed by atoms with van der Waals surface area (Å²) in [7, 11) is 0. The molecule has 1 N–H and O–H groups in total. The van der Waals surface area contributed by atoms with E-state index < -0.39 is 5.97 Å². The number of ether oxygens (including phenoxy) is 1. The molecule has 18 heavy (non-hydrogen) atoms. The van der Waals surface area contributed by atoms with Gasteiger partial charge in [0.05, 0.1) is 6.26 Å². The second-order valence-electron chi connectivity index (χ2n) is 2.97. The van der Waals surface area contributed by atoms with Gasteiger partial charge in [-0.15, -0.1) is 0 Å². The van der Waals surface area contributed by atoms with E-state index in [-0.39, 0.29) is 5.97 Å². The summed E-state index contributed by atoms with van der Waals surface area (Å²) in [6, 6.07) is 7.05. The molecule has 0 aliphatic rings. The molecule has 0 aromatic heterocycles. The van der Waals surface area contributed by atoms with Crippen molar-refractivity contribution in [2.45, 2.75) is 6.92 Å². The van der Waals surface area contributed by atoms with Crippen LogP contribution in [-0.2, 0) is 14.3 Å². The first-order chi connectivity index (χ1) is 8.47. The quantitative estimate of drug-likeness (QED) is 0.520. The fourth-order valence-electron chi connectivity index (χ4n) is 0.889. The van der Waals surface area contributed by atoms with Crippen LogP contribution in [0.15, 0.2) is 43.2 Å². The number of carbonyl (C=O) groups excluding carboxylic acids is 1. The zero-order valence-corrected chi connectivity index (χ0v) is 10.6. The van der Waals surface area contributed by atoms with Crippen LogP contribution in [0.4, 0.5) is 0 Å². The average molecular weight is 269 g/mol. The highest BCUT2D eigenvalue weighted by Crippen LogP contribution is 2.15. The standard InChI is InChI=1S/C9H7ClO2.C4H6O2/c10-8-4-2-1-3-7(8)5-6-9(11)12;1-3-6-4(2)5/h1-6H,(H,11,12);3H,1H2,2H3. The van der Waals surface area contributed by atoms with Gasteiger partial charge in [-0.25, -0.2) is 4.79 Å². The Labute approximate surface area is 110 Å². The van der Waals surface area contributed by atoms with E-state index in [1.807, 2.05) is 0 Å². The van der Waals surface area contributed by atoms with Gasteiger partial charge in [-0.2, -0.15) is 0 Å². The molecule has 0 saturated carbocycles. The average Bonchev–Trinajstić information content (AvgIpc) is 2.28. The van der Waals surface area contributed by atoms with E-state index in [1.54, 1.807) is 24.3 Å². The molecule has 1 aromatic carbocycles. The molecule has 0 amide bonds. The number of halogens is 1. The van der Waals surface area contributed by atoms with Gasteiger partial charge in [0.15, 0.2) is 0 Å². The van der Waals surface area contributed by atoms with Gasteiger partial charge in [-0.1, -0.05) is 36.4 Å². The van der Waals surface area contributed by atoms with Gasteiger partial charge in [-0.3, -0.25) is 4.79 Å². The number of benzene rings is 1. The molecule has 0 atom stereocenters. The van der Waals surface area contributed by atoms with Crippen molar-refractivity contribution in [2.75, 3.05) is 0 Å². The topological polar surface area (TPSA) is 63.6 Å². The third-order valence-corrected chi connectivity index (χ3v) is 1.90. The van der Waals surface area contributed by atoms with E-state index in [1.165, 1.54) is 13.0 Å². The molecule has 0 bridgehead atoms. The van der Waals surface area contributed by atoms with Crippen molar-refractivity contribution in [3.63, 3.8) is 0 Å². The van der Waals surface area contributed by atoms with Gasteiger partial charge in [-0.05, 0) is 17.7 Å². The van der Waals surface area contributed by atoms with Gasteiger partial charge in [0.2, 0.25) is 0 Å². The Balaban J connectivity index is 0.000000411. The number of esters is 1. The van der Waals surface area contributed by atoms with Gasteiger partial charge < -0.3 is 9.84 Å². The number of aliphatic carboxylic acids is 1. The summed E-state index contributed by atoms with van der Waals surface area (Å²) in [5, 5.41) is 8.89. The summed E-state index contributed by atoms with van der Waals surface area (Å²) in [5.74, 6) is -1.31. The first-order valence-electron chi connectivity index (χ1n) is 4.91. The highest BCUT2D eigenvalue weighted by molar-refractivity contribution is 6.32. The van der Waals surface area contributed by atoms with Gasteiger partial charge >= 0.3 is 11.9 Å². The lowest BCUT2D eigenvalue weighted by Gasteiger charge is -1.94. The molecule has 96 valence electrons. The summed E-state index contributed by atoms with van der Waals surface area (Å²) in [4.78, 5) is 19.9. The Morgan fingerprint density at radius 1 is 1.39 bits per heavy atom. The van der Waals surface area contributed by atoms with Crippen molar-refractivity contribution in [1.82, 2.24) is 0 Å². The van der Waals surface area contributed by atoms with E-state index >= 15 is 0 Å². The van der Waals surface area contributed by atoms with Crippen molar-refractivity contribution in [2.24, 2.45) is 0 Å². The fraction of sp³-hybridized carbons (Fsp3) is 0.0769. The number of hydrogen-bond acceptors (Lipinski definition) is 3. The van der Waals surface area contributed by atoms with Crippen LogP contribution in [0, 0.1) is 0 Å². The molecule has 0 spiro atoms. The molecule has 5 heteroatoms. The highest BCUT2D eigenvalue weighted by atomic mass is 35.5. The van der Waals surface area contributed by atoms with E-state index in [2.05, 4.69) is 11.3 Å². The van der Waals surface area contributed by atoms with Crippen LogP contribution >= 0.6 is 11.6 Å². The van der Waals surface area contributed by atoms with Crippen LogP contribution in [0.1, 0.15) is 12.5 Å². The minimum absolute atomic E-state index is 0.329. The van der Waals surface area contributed by atoms with E-state index in [4.69, 9.17) is 16.7 Å². The number of carboxylic acids is 1. The first-order valence-corrected chi connectivity index (χ1v) is 5.28. The highest BCUT2D eigenvalue weighted by Gasteiger charge is 1.93. The van der Waals surface area contributed by atoms with Gasteiger partial charge in [0.1, 0.15) is 0 Å². The number of hydrogen-bond donors (Lipinski definition) is 1. The Bertz CT molecular complexity index is 452. The smallest absolute Gasteiger partial charge is 0.328 e. The monoisotopic (exact) mass is 268 g/mol. The minimum atomic E-state index is -0.977. The molecular formula is C13H13ClO4. The molecule has 0 aliphatic heterocycles. The van der Waals surface area contributed by atoms with Crippen LogP contribution in [0.3, 0.4) is 0 Å². The second-order valence-corrected chi connectivity index (χ2v) is 3.38. The normalized spacial score (nSPS) is 9.22. The summed E-state index contributed by atoms with van der Waals surface area (Å²) in [5.41, 5.74) is 0.710. The molecule has 4 nitrogen and oxygen atoms in total. The number of carbonyl (C=O) groups is 2. The summed E-state index contributed by atoms with van der Waals surface area (Å²) < 4.78 is 4.17. The Morgan fingerprint density at radius 2 is 2.00 bits per heavy atom. The van der Waals surface area contributed by atoms with E-state index in [0.717, 1.165) is 12.3 Å². The lowest BCUT2D eigenvalue weighted by molar-refractivity contribution is -0.135. The molecule has 0 heterocycles. The molecule has 0 aliphatic carbocycles. The maximum Gasteiger partial charge on any atom is 0.328 e. The van der Waals surface area contributed by atoms with Crippen LogP contribution in [0.2, 0.25) is 5.02 Å². The molecule has 1 aromatic rings. The van der Waals surface area contributed by atoms with Crippen molar-refractivity contribution in [1.29, 1.82) is 0 Å². The fourth-order valence-corrected chi connectivity index (χ4v) is 1.09. The van der Waals surface area contributed by atoms with E-state index in [9.17, 15) is 9.59 Å². The van der Waals surface area contributed by atoms with Crippen LogP contribution in [0.5, 0.6) is 0 Å². The van der Waals surface area contributed by atoms with E-state index in [0.29, 0.717) is 10.6 Å². The Kier molecular flexibility index (Phi) is 7.98. The third-order valence-electron chi connectivity index (χ3n) is 1.56. The van der Waals surface area contributed by atoms with Gasteiger partial charge in [0.25, 0.3) is 0 Å². The lowest BCUT2D eigenvalue weighted by atomic mass is 10.2. The van der Waals surface area contributed by atoms with Crippen LogP contribution in [-0.4, -0.2) is 17.0 Å². The maximum absolute atomic E-state index is 10.2. The molecule has 0 radical (unpaired) electrons. The van der Waals surface area contributed by atoms with Crippen molar-refractivity contribution < 1.29 is 19.4 Å². The zero-order chi connectivity index (χ0) is 14.0. The minimum Gasteiger partial charge on any atom is -0.478 e. The zero-order valence-electron chi connectivity index (χ0n) is 9.80. The summed E-state index contributed by atoms with van der Waals surface area (Å²) in [6.07, 6.45) is 3.62.